The first-order valence-corrected chi connectivity index (χ1v) is 7.44. The monoisotopic (exact) mass is 310 g/mol. The lowest BCUT2D eigenvalue weighted by molar-refractivity contribution is 0.0209. The highest BCUT2D eigenvalue weighted by Crippen LogP contribution is 2.20. The maximum Gasteiger partial charge on any atom is 0.410 e. The maximum atomic E-state index is 12.9. The molecule has 0 saturated carbocycles. The third-order valence-corrected chi connectivity index (χ3v) is 3.52. The summed E-state index contributed by atoms with van der Waals surface area (Å²) in [4.78, 5) is 23.8. The Kier molecular flexibility index (Phi) is 4.83. The summed E-state index contributed by atoms with van der Waals surface area (Å²) in [5, 5.41) is 0. The highest BCUT2D eigenvalue weighted by atomic mass is 19.1. The highest BCUT2D eigenvalue weighted by molar-refractivity contribution is 5.68. The van der Waals surface area contributed by atoms with Gasteiger partial charge in [-0.25, -0.2) is 19.2 Å². The number of carbonyl (C=O) groups excluding carboxylic acids is 1. The van der Waals surface area contributed by atoms with Gasteiger partial charge in [-0.2, -0.15) is 0 Å². The molecule has 122 valence electrons. The van der Waals surface area contributed by atoms with E-state index in [1.54, 1.807) is 11.9 Å². The third kappa shape index (κ3) is 4.29. The van der Waals surface area contributed by atoms with Gasteiger partial charge in [0.25, 0.3) is 0 Å². The smallest absolute Gasteiger partial charge is 0.410 e. The lowest BCUT2D eigenvalue weighted by Crippen LogP contribution is -2.50. The van der Waals surface area contributed by atoms with Crippen LogP contribution in [0.15, 0.2) is 12.4 Å². The number of carbonyl (C=O) groups is 1. The standard InChI is InChI=1S/C15H23FN4O2/c1-15(2,3)22-14(21)19(4)12-6-5-7-20(10-12)13-17-8-11(16)9-18-13/h8-9,12H,5-7,10H2,1-4H3. The molecule has 1 unspecified atom stereocenters. The number of piperidine rings is 1. The first-order chi connectivity index (χ1) is 10.3. The predicted molar refractivity (Wildman–Crippen MR) is 81.2 cm³/mol. The number of anilines is 1. The van der Waals surface area contributed by atoms with Crippen LogP contribution in [0.2, 0.25) is 0 Å². The Morgan fingerprint density at radius 2 is 2.05 bits per heavy atom. The van der Waals surface area contributed by atoms with Crippen molar-refractivity contribution in [2.75, 3.05) is 25.0 Å². The normalized spacial score (nSPS) is 19.0. The second kappa shape index (κ2) is 6.46. The van der Waals surface area contributed by atoms with E-state index in [0.29, 0.717) is 12.5 Å². The molecule has 0 radical (unpaired) electrons. The van der Waals surface area contributed by atoms with E-state index in [1.807, 2.05) is 25.7 Å². The molecule has 1 aliphatic rings. The van der Waals surface area contributed by atoms with E-state index in [-0.39, 0.29) is 12.1 Å². The molecule has 1 aromatic rings. The molecule has 1 atom stereocenters. The minimum absolute atomic E-state index is 0.0252. The van der Waals surface area contributed by atoms with Crippen LogP contribution in [-0.4, -0.2) is 52.7 Å². The van der Waals surface area contributed by atoms with Crippen molar-refractivity contribution in [1.82, 2.24) is 14.9 Å². The van der Waals surface area contributed by atoms with Gasteiger partial charge in [0, 0.05) is 20.1 Å². The van der Waals surface area contributed by atoms with Gasteiger partial charge in [0.1, 0.15) is 5.60 Å². The number of nitrogens with zero attached hydrogens (tertiary/aromatic N) is 4. The Morgan fingerprint density at radius 3 is 2.64 bits per heavy atom. The second-order valence-corrected chi connectivity index (χ2v) is 6.53. The van der Waals surface area contributed by atoms with Crippen molar-refractivity contribution < 1.29 is 13.9 Å². The van der Waals surface area contributed by atoms with Crippen molar-refractivity contribution in [1.29, 1.82) is 0 Å². The van der Waals surface area contributed by atoms with Gasteiger partial charge in [-0.05, 0) is 33.6 Å². The predicted octanol–water partition coefficient (Wildman–Crippen LogP) is 2.45. The lowest BCUT2D eigenvalue weighted by atomic mass is 10.1. The number of rotatable bonds is 2. The Morgan fingerprint density at radius 1 is 1.41 bits per heavy atom. The van der Waals surface area contributed by atoms with Crippen LogP contribution in [-0.2, 0) is 4.74 Å². The summed E-state index contributed by atoms with van der Waals surface area (Å²) in [5.74, 6) is 0.0341. The molecular formula is C15H23FN4O2. The van der Waals surface area contributed by atoms with Crippen LogP contribution in [0.25, 0.3) is 0 Å². The average Bonchev–Trinajstić information content (AvgIpc) is 2.45. The van der Waals surface area contributed by atoms with E-state index in [0.717, 1.165) is 31.8 Å². The molecule has 2 rings (SSSR count). The first kappa shape index (κ1) is 16.5. The maximum absolute atomic E-state index is 12.9. The average molecular weight is 310 g/mol. The summed E-state index contributed by atoms with van der Waals surface area (Å²) in [7, 11) is 1.74. The largest absolute Gasteiger partial charge is 0.444 e. The first-order valence-electron chi connectivity index (χ1n) is 7.44. The molecule has 1 amide bonds. The van der Waals surface area contributed by atoms with E-state index in [1.165, 1.54) is 0 Å². The Bertz CT molecular complexity index is 515. The molecule has 7 heteroatoms. The Balaban J connectivity index is 2.00. The van der Waals surface area contributed by atoms with Crippen LogP contribution in [0.4, 0.5) is 15.1 Å². The second-order valence-electron chi connectivity index (χ2n) is 6.53. The number of likely N-dealkylation sites (N-methyl/N-ethyl adjacent to an activating group) is 1. The SMILES string of the molecule is CN(C(=O)OC(C)(C)C)C1CCCN(c2ncc(F)cn2)C1. The molecule has 1 fully saturated rings. The van der Waals surface area contributed by atoms with Crippen molar-refractivity contribution in [3.63, 3.8) is 0 Å². The quantitative estimate of drug-likeness (QED) is 0.840. The fraction of sp³-hybridized carbons (Fsp3) is 0.667. The molecule has 1 saturated heterocycles. The van der Waals surface area contributed by atoms with Crippen LogP contribution in [0.3, 0.4) is 0 Å². The van der Waals surface area contributed by atoms with Gasteiger partial charge in [0.15, 0.2) is 5.82 Å². The molecule has 0 bridgehead atoms. The van der Waals surface area contributed by atoms with Crippen molar-refractivity contribution >= 4 is 12.0 Å². The van der Waals surface area contributed by atoms with Crippen molar-refractivity contribution in [2.45, 2.75) is 45.3 Å². The molecule has 0 aromatic carbocycles. The van der Waals surface area contributed by atoms with E-state index in [4.69, 9.17) is 4.74 Å². The molecular weight excluding hydrogens is 287 g/mol. The molecule has 1 aromatic heterocycles. The van der Waals surface area contributed by atoms with Crippen LogP contribution >= 0.6 is 0 Å². The molecule has 0 aliphatic carbocycles. The van der Waals surface area contributed by atoms with Gasteiger partial charge >= 0.3 is 6.09 Å². The highest BCUT2D eigenvalue weighted by Gasteiger charge is 2.29. The molecule has 1 aliphatic heterocycles. The zero-order valence-corrected chi connectivity index (χ0v) is 13.5. The molecule has 0 spiro atoms. The summed E-state index contributed by atoms with van der Waals surface area (Å²) in [6, 6.07) is 0.0252. The Labute approximate surface area is 130 Å². The van der Waals surface area contributed by atoms with E-state index in [2.05, 4.69) is 9.97 Å². The fourth-order valence-electron chi connectivity index (χ4n) is 2.40. The minimum atomic E-state index is -0.514. The number of aromatic nitrogens is 2. The lowest BCUT2D eigenvalue weighted by Gasteiger charge is -2.38. The molecule has 6 nitrogen and oxygen atoms in total. The summed E-state index contributed by atoms with van der Waals surface area (Å²) in [5.41, 5.74) is -0.514. The minimum Gasteiger partial charge on any atom is -0.444 e. The topological polar surface area (TPSA) is 58.6 Å². The number of hydrogen-bond acceptors (Lipinski definition) is 5. The third-order valence-electron chi connectivity index (χ3n) is 3.52. The van der Waals surface area contributed by atoms with Crippen LogP contribution < -0.4 is 4.90 Å². The van der Waals surface area contributed by atoms with Gasteiger partial charge in [-0.15, -0.1) is 0 Å². The Hall–Kier alpha value is -1.92. The van der Waals surface area contributed by atoms with E-state index >= 15 is 0 Å². The zero-order valence-electron chi connectivity index (χ0n) is 13.5. The molecule has 2 heterocycles. The number of hydrogen-bond donors (Lipinski definition) is 0. The van der Waals surface area contributed by atoms with Gasteiger partial charge < -0.3 is 14.5 Å². The van der Waals surface area contributed by atoms with Crippen LogP contribution in [0.1, 0.15) is 33.6 Å². The zero-order chi connectivity index (χ0) is 16.3. The van der Waals surface area contributed by atoms with Gasteiger partial charge in [-0.1, -0.05) is 0 Å². The van der Waals surface area contributed by atoms with Gasteiger partial charge in [0.2, 0.25) is 5.95 Å². The van der Waals surface area contributed by atoms with Gasteiger partial charge in [-0.3, -0.25) is 0 Å². The van der Waals surface area contributed by atoms with Crippen LogP contribution in [0.5, 0.6) is 0 Å². The van der Waals surface area contributed by atoms with Crippen LogP contribution in [0, 0.1) is 5.82 Å². The summed E-state index contributed by atoms with van der Waals surface area (Å²) >= 11 is 0. The summed E-state index contributed by atoms with van der Waals surface area (Å²) in [6.07, 6.45) is 3.79. The van der Waals surface area contributed by atoms with Gasteiger partial charge in [0.05, 0.1) is 18.4 Å². The number of halogens is 1. The number of amides is 1. The van der Waals surface area contributed by atoms with E-state index < -0.39 is 11.4 Å². The number of ether oxygens (including phenoxy) is 1. The molecule has 0 N–H and O–H groups in total. The van der Waals surface area contributed by atoms with Crippen molar-refractivity contribution in [3.05, 3.63) is 18.2 Å². The van der Waals surface area contributed by atoms with E-state index in [9.17, 15) is 9.18 Å². The van der Waals surface area contributed by atoms with Crippen molar-refractivity contribution in [3.8, 4) is 0 Å². The summed E-state index contributed by atoms with van der Waals surface area (Å²) < 4.78 is 18.3. The fourth-order valence-corrected chi connectivity index (χ4v) is 2.40. The van der Waals surface area contributed by atoms with Crippen molar-refractivity contribution in [2.24, 2.45) is 0 Å². The molecule has 22 heavy (non-hydrogen) atoms. The summed E-state index contributed by atoms with van der Waals surface area (Å²) in [6.45, 7) is 6.94.